The van der Waals surface area contributed by atoms with Crippen LogP contribution in [0.15, 0.2) is 108 Å². The Hall–Kier alpha value is -4.70. The highest BCUT2D eigenvalue weighted by molar-refractivity contribution is 6.09. The largest absolute Gasteiger partial charge is 0.455 e. The topological polar surface area (TPSA) is 43.9 Å². The van der Waals surface area contributed by atoms with Gasteiger partial charge in [0.05, 0.1) is 23.0 Å². The molecule has 3 aromatic heterocycles. The Morgan fingerprint density at radius 1 is 0.769 bits per heavy atom. The number of para-hydroxylation sites is 1. The van der Waals surface area contributed by atoms with Gasteiger partial charge < -0.3 is 4.42 Å². The van der Waals surface area contributed by atoms with E-state index in [0.29, 0.717) is 0 Å². The number of benzene rings is 4. The first-order chi connectivity index (χ1) is 18.9. The van der Waals surface area contributed by atoms with Gasteiger partial charge in [0.1, 0.15) is 22.5 Å². The van der Waals surface area contributed by atoms with E-state index >= 15 is 0 Å². The van der Waals surface area contributed by atoms with Gasteiger partial charge >= 0.3 is 0 Å². The molecule has 4 heteroatoms. The minimum Gasteiger partial charge on any atom is -0.455 e. The van der Waals surface area contributed by atoms with Crippen molar-refractivity contribution in [2.75, 3.05) is 0 Å². The third kappa shape index (κ3) is 3.83. The van der Waals surface area contributed by atoms with Gasteiger partial charge in [-0.25, -0.2) is 4.98 Å². The fraction of sp³-hybridized carbons (Fsp3) is 0.143. The first-order valence-electron chi connectivity index (χ1n) is 13.3. The van der Waals surface area contributed by atoms with E-state index in [2.05, 4.69) is 122 Å². The van der Waals surface area contributed by atoms with Gasteiger partial charge in [-0.15, -0.1) is 0 Å². The maximum absolute atomic E-state index is 6.49. The van der Waals surface area contributed by atoms with E-state index in [4.69, 9.17) is 9.40 Å². The van der Waals surface area contributed by atoms with Crippen LogP contribution in [0.5, 0.6) is 0 Å². The van der Waals surface area contributed by atoms with E-state index in [-0.39, 0.29) is 5.41 Å². The molecule has 4 nitrogen and oxygen atoms in total. The van der Waals surface area contributed by atoms with E-state index in [9.17, 15) is 0 Å². The van der Waals surface area contributed by atoms with Crippen LogP contribution in [0.25, 0.3) is 61.2 Å². The number of hydrogen-bond acceptors (Lipinski definition) is 3. The quantitative estimate of drug-likeness (QED) is 0.239. The summed E-state index contributed by atoms with van der Waals surface area (Å²) in [6.07, 6.45) is 3.68. The van der Waals surface area contributed by atoms with Crippen molar-refractivity contribution in [1.29, 1.82) is 0 Å². The van der Waals surface area contributed by atoms with Crippen LogP contribution in [0.1, 0.15) is 31.9 Å². The monoisotopic (exact) mass is 507 g/mol. The van der Waals surface area contributed by atoms with Crippen molar-refractivity contribution >= 4 is 33.0 Å². The summed E-state index contributed by atoms with van der Waals surface area (Å²) in [6.45, 7) is 8.91. The van der Waals surface area contributed by atoms with Crippen LogP contribution >= 0.6 is 0 Å². The first kappa shape index (κ1) is 23.4. The number of furan rings is 1. The summed E-state index contributed by atoms with van der Waals surface area (Å²) < 4.78 is 8.76. The second-order valence-corrected chi connectivity index (χ2v) is 11.3. The summed E-state index contributed by atoms with van der Waals surface area (Å²) in [6, 6.07) is 32.0. The minimum atomic E-state index is -0.107. The lowest BCUT2D eigenvalue weighted by Gasteiger charge is -2.25. The molecule has 0 saturated carbocycles. The van der Waals surface area contributed by atoms with Crippen molar-refractivity contribution in [3.05, 3.63) is 115 Å². The van der Waals surface area contributed by atoms with Crippen LogP contribution in [0.2, 0.25) is 0 Å². The normalized spacial score (nSPS) is 12.1. The number of hydrogen-bond donors (Lipinski definition) is 0. The molecule has 7 rings (SSSR count). The van der Waals surface area contributed by atoms with Crippen molar-refractivity contribution in [3.8, 4) is 28.2 Å². The maximum Gasteiger partial charge on any atom is 0.149 e. The van der Waals surface area contributed by atoms with Gasteiger partial charge in [0, 0.05) is 17.0 Å². The lowest BCUT2D eigenvalue weighted by Crippen LogP contribution is -2.16. The number of imidazole rings is 1. The number of aryl methyl sites for hydroxylation is 1. The second kappa shape index (κ2) is 8.67. The van der Waals surface area contributed by atoms with Crippen LogP contribution in [0.4, 0.5) is 0 Å². The standard InChI is InChI=1S/C35H29N3O/c1-22-13-16-32-27(19-22)25-11-8-12-26(33(25)39-32)34-37-29-21-36-18-17-31(29)38(34)30-15-14-24(20-28(30)35(2,3)4)23-9-6-5-7-10-23/h5-21H,1-4H3. The van der Waals surface area contributed by atoms with Gasteiger partial charge in [-0.1, -0.05) is 80.9 Å². The molecule has 0 unspecified atom stereocenters. The maximum atomic E-state index is 6.49. The van der Waals surface area contributed by atoms with Crippen LogP contribution in [-0.2, 0) is 5.41 Å². The molecule has 0 aliphatic heterocycles. The SMILES string of the molecule is Cc1ccc2oc3c(-c4nc5cnccc5n4-c4ccc(-c5ccccc5)cc4C(C)(C)C)cccc3c2c1. The van der Waals surface area contributed by atoms with E-state index in [1.807, 2.05) is 18.5 Å². The zero-order valence-electron chi connectivity index (χ0n) is 22.6. The highest BCUT2D eigenvalue weighted by Gasteiger charge is 2.25. The molecule has 0 aliphatic rings. The van der Waals surface area contributed by atoms with Crippen molar-refractivity contribution < 1.29 is 4.42 Å². The molecule has 0 N–H and O–H groups in total. The summed E-state index contributed by atoms with van der Waals surface area (Å²) >= 11 is 0. The summed E-state index contributed by atoms with van der Waals surface area (Å²) in [5.74, 6) is 0.845. The number of aromatic nitrogens is 3. The Bertz CT molecular complexity index is 2010. The predicted molar refractivity (Wildman–Crippen MR) is 160 cm³/mol. The summed E-state index contributed by atoms with van der Waals surface area (Å²) in [5.41, 5.74) is 10.4. The van der Waals surface area contributed by atoms with Crippen molar-refractivity contribution in [2.45, 2.75) is 33.1 Å². The molecule has 0 spiro atoms. The van der Waals surface area contributed by atoms with Crippen LogP contribution in [0.3, 0.4) is 0 Å². The van der Waals surface area contributed by atoms with Crippen molar-refractivity contribution in [1.82, 2.24) is 14.5 Å². The molecule has 0 aliphatic carbocycles. The number of fused-ring (bicyclic) bond motifs is 4. The Kier molecular flexibility index (Phi) is 5.21. The van der Waals surface area contributed by atoms with Gasteiger partial charge in [-0.05, 0) is 65.4 Å². The zero-order chi connectivity index (χ0) is 26.7. The van der Waals surface area contributed by atoms with Crippen molar-refractivity contribution in [3.63, 3.8) is 0 Å². The molecule has 0 amide bonds. The smallest absolute Gasteiger partial charge is 0.149 e. The average molecular weight is 508 g/mol. The van der Waals surface area contributed by atoms with Gasteiger partial charge in [-0.3, -0.25) is 9.55 Å². The van der Waals surface area contributed by atoms with Crippen molar-refractivity contribution in [2.24, 2.45) is 0 Å². The minimum absolute atomic E-state index is 0.107. The molecule has 7 aromatic rings. The summed E-state index contributed by atoms with van der Waals surface area (Å²) in [7, 11) is 0. The molecule has 0 bridgehead atoms. The number of nitrogens with zero attached hydrogens (tertiary/aromatic N) is 3. The van der Waals surface area contributed by atoms with Gasteiger partial charge in [0.25, 0.3) is 0 Å². The van der Waals surface area contributed by atoms with Gasteiger partial charge in [0.2, 0.25) is 0 Å². The zero-order valence-corrected chi connectivity index (χ0v) is 22.6. The van der Waals surface area contributed by atoms with E-state index < -0.39 is 0 Å². The summed E-state index contributed by atoms with van der Waals surface area (Å²) in [5, 5.41) is 2.22. The molecule has 0 fully saturated rings. The highest BCUT2D eigenvalue weighted by atomic mass is 16.3. The van der Waals surface area contributed by atoms with Crippen LogP contribution in [-0.4, -0.2) is 14.5 Å². The Labute approximate surface area is 227 Å². The molecule has 0 saturated heterocycles. The molecule has 3 heterocycles. The molecule has 0 atom stereocenters. The van der Waals surface area contributed by atoms with E-state index in [0.717, 1.165) is 50.0 Å². The Morgan fingerprint density at radius 2 is 1.62 bits per heavy atom. The third-order valence-corrected chi connectivity index (χ3v) is 7.50. The molecular formula is C35H29N3O. The van der Waals surface area contributed by atoms with Gasteiger partial charge in [-0.2, -0.15) is 0 Å². The number of pyridine rings is 1. The van der Waals surface area contributed by atoms with Crippen LogP contribution < -0.4 is 0 Å². The lowest BCUT2D eigenvalue weighted by atomic mass is 9.84. The summed E-state index contributed by atoms with van der Waals surface area (Å²) in [4.78, 5) is 9.53. The second-order valence-electron chi connectivity index (χ2n) is 11.3. The van der Waals surface area contributed by atoms with Gasteiger partial charge in [0.15, 0.2) is 0 Å². The molecule has 0 radical (unpaired) electrons. The Morgan fingerprint density at radius 3 is 2.44 bits per heavy atom. The number of rotatable bonds is 3. The predicted octanol–water partition coefficient (Wildman–Crippen LogP) is 9.26. The fourth-order valence-electron chi connectivity index (χ4n) is 5.59. The van der Waals surface area contributed by atoms with Crippen LogP contribution in [0, 0.1) is 6.92 Å². The fourth-order valence-corrected chi connectivity index (χ4v) is 5.59. The lowest BCUT2D eigenvalue weighted by molar-refractivity contribution is 0.587. The molecular weight excluding hydrogens is 478 g/mol. The third-order valence-electron chi connectivity index (χ3n) is 7.50. The molecule has 4 aromatic carbocycles. The highest BCUT2D eigenvalue weighted by Crippen LogP contribution is 2.40. The Balaban J connectivity index is 1.54. The molecule has 39 heavy (non-hydrogen) atoms. The van der Waals surface area contributed by atoms with E-state index in [1.165, 1.54) is 22.3 Å². The average Bonchev–Trinajstić information content (AvgIpc) is 3.51. The van der Waals surface area contributed by atoms with E-state index in [1.54, 1.807) is 0 Å². The molecule has 190 valence electrons. The first-order valence-corrected chi connectivity index (χ1v) is 13.3.